The van der Waals surface area contributed by atoms with Crippen LogP contribution in [-0.2, 0) is 6.61 Å². The Bertz CT molecular complexity index is 1050. The zero-order valence-electron chi connectivity index (χ0n) is 14.6. The minimum absolute atomic E-state index is 0.0162. The van der Waals surface area contributed by atoms with E-state index in [1.165, 1.54) is 12.1 Å². The smallest absolute Gasteiger partial charge is 0.284 e. The summed E-state index contributed by atoms with van der Waals surface area (Å²) in [5.41, 5.74) is 1.94. The Balaban J connectivity index is 0.000000234. The first-order valence-electron chi connectivity index (χ1n) is 7.96. The first-order valence-corrected chi connectivity index (χ1v) is 9.51. The van der Waals surface area contributed by atoms with Crippen molar-refractivity contribution in [2.75, 3.05) is 0 Å². The van der Waals surface area contributed by atoms with Gasteiger partial charge in [-0.2, -0.15) is 0 Å². The number of aliphatic hydroxyl groups excluding tert-OH is 1. The highest BCUT2D eigenvalue weighted by Crippen LogP contribution is 2.32. The molecule has 0 fully saturated rings. The van der Waals surface area contributed by atoms with E-state index >= 15 is 0 Å². The fourth-order valence-electron chi connectivity index (χ4n) is 2.32. The lowest BCUT2D eigenvalue weighted by Gasteiger charge is -2.04. The lowest BCUT2D eigenvalue weighted by Crippen LogP contribution is -1.92. The van der Waals surface area contributed by atoms with Crippen LogP contribution in [0, 0.1) is 20.2 Å². The van der Waals surface area contributed by atoms with Gasteiger partial charge >= 0.3 is 0 Å². The number of hydrogen-bond acceptors (Lipinski definition) is 5. The maximum absolute atomic E-state index is 11.0. The number of halogens is 3. The number of benzene rings is 3. The average Bonchev–Trinajstić information content (AvgIpc) is 2.70. The topological polar surface area (TPSA) is 107 Å². The molecule has 3 aromatic carbocycles. The fraction of sp³-hybridized carbons (Fsp3) is 0.0526. The molecule has 0 aliphatic rings. The number of nitrogens with zero attached hydrogens (tertiary/aromatic N) is 2. The maximum Gasteiger partial charge on any atom is 0.284 e. The Morgan fingerprint density at radius 3 is 1.83 bits per heavy atom. The van der Waals surface area contributed by atoms with Gasteiger partial charge in [0.2, 0.25) is 0 Å². The second kappa shape index (κ2) is 10.3. The van der Waals surface area contributed by atoms with Crippen LogP contribution < -0.4 is 0 Å². The van der Waals surface area contributed by atoms with Gasteiger partial charge < -0.3 is 5.11 Å². The van der Waals surface area contributed by atoms with E-state index in [1.54, 1.807) is 48.5 Å². The average molecular weight is 500 g/mol. The third-order valence-corrected chi connectivity index (χ3v) is 4.85. The van der Waals surface area contributed by atoms with Crippen LogP contribution in [0.1, 0.15) is 5.56 Å². The zero-order chi connectivity index (χ0) is 21.6. The summed E-state index contributed by atoms with van der Waals surface area (Å²) < 4.78 is 0.437. The standard InChI is InChI=1S/C13H10ClNO3.C6H3BrClNO2/c14-11-5-6-12(13(7-11)15(17)18)10-3-1-9(8-16)2-4-10;7-5-2-1-4(8)3-6(5)9(10)11/h1-7,16H,8H2;1-3H. The molecule has 0 aliphatic carbocycles. The van der Waals surface area contributed by atoms with Crippen LogP contribution in [-0.4, -0.2) is 15.0 Å². The van der Waals surface area contributed by atoms with E-state index in [-0.39, 0.29) is 18.0 Å². The molecule has 0 saturated heterocycles. The van der Waals surface area contributed by atoms with Crippen LogP contribution in [0.5, 0.6) is 0 Å². The lowest BCUT2D eigenvalue weighted by molar-refractivity contribution is -0.385. The highest BCUT2D eigenvalue weighted by atomic mass is 79.9. The Kier molecular flexibility index (Phi) is 8.10. The normalized spacial score (nSPS) is 10.1. The SMILES string of the molecule is O=[N+]([O-])c1cc(Cl)ccc1-c1ccc(CO)cc1.O=[N+]([O-])c1cc(Cl)ccc1Br. The molecule has 29 heavy (non-hydrogen) atoms. The molecule has 0 aliphatic heterocycles. The molecule has 3 aromatic rings. The quantitative estimate of drug-likeness (QED) is 0.329. The zero-order valence-corrected chi connectivity index (χ0v) is 17.7. The lowest BCUT2D eigenvalue weighted by atomic mass is 10.0. The van der Waals surface area contributed by atoms with Crippen LogP contribution >= 0.6 is 39.1 Å². The Morgan fingerprint density at radius 2 is 1.34 bits per heavy atom. The molecular formula is C19H13BrCl2N2O5. The van der Waals surface area contributed by atoms with Gasteiger partial charge in [0.1, 0.15) is 0 Å². The molecule has 0 spiro atoms. The van der Waals surface area contributed by atoms with Crippen LogP contribution in [0.2, 0.25) is 10.0 Å². The summed E-state index contributed by atoms with van der Waals surface area (Å²) in [6.07, 6.45) is 0. The van der Waals surface area contributed by atoms with Gasteiger partial charge in [-0.1, -0.05) is 47.5 Å². The van der Waals surface area contributed by atoms with E-state index in [2.05, 4.69) is 15.9 Å². The van der Waals surface area contributed by atoms with Crippen molar-refractivity contribution in [3.05, 3.63) is 101 Å². The van der Waals surface area contributed by atoms with Crippen LogP contribution in [0.25, 0.3) is 11.1 Å². The van der Waals surface area contributed by atoms with E-state index in [0.29, 0.717) is 20.1 Å². The summed E-state index contributed by atoms with van der Waals surface area (Å²) >= 11 is 14.3. The number of nitro benzene ring substituents is 2. The summed E-state index contributed by atoms with van der Waals surface area (Å²) in [6.45, 7) is -0.0526. The predicted octanol–water partition coefficient (Wildman–Crippen LogP) is 6.42. The van der Waals surface area contributed by atoms with Gasteiger partial charge in [-0.05, 0) is 51.3 Å². The van der Waals surface area contributed by atoms with Crippen molar-refractivity contribution in [2.24, 2.45) is 0 Å². The largest absolute Gasteiger partial charge is 0.392 e. The van der Waals surface area contributed by atoms with Crippen LogP contribution in [0.3, 0.4) is 0 Å². The van der Waals surface area contributed by atoms with E-state index in [0.717, 1.165) is 11.1 Å². The summed E-state index contributed by atoms with van der Waals surface area (Å²) in [7, 11) is 0. The van der Waals surface area contributed by atoms with Crippen molar-refractivity contribution in [1.29, 1.82) is 0 Å². The van der Waals surface area contributed by atoms with Crippen molar-refractivity contribution >= 4 is 50.5 Å². The van der Waals surface area contributed by atoms with Gasteiger partial charge in [-0.3, -0.25) is 20.2 Å². The summed E-state index contributed by atoms with van der Waals surface area (Å²) in [5.74, 6) is 0. The number of hydrogen-bond donors (Lipinski definition) is 1. The molecule has 0 unspecified atom stereocenters. The molecule has 10 heteroatoms. The van der Waals surface area contributed by atoms with Gasteiger partial charge in [0.25, 0.3) is 11.4 Å². The van der Waals surface area contributed by atoms with E-state index in [1.807, 2.05) is 0 Å². The third-order valence-electron chi connectivity index (χ3n) is 3.71. The van der Waals surface area contributed by atoms with Gasteiger partial charge in [0.05, 0.1) is 26.5 Å². The van der Waals surface area contributed by atoms with Gasteiger partial charge in [-0.15, -0.1) is 0 Å². The van der Waals surface area contributed by atoms with E-state index in [9.17, 15) is 20.2 Å². The molecule has 1 N–H and O–H groups in total. The summed E-state index contributed by atoms with van der Waals surface area (Å²) in [6, 6.07) is 15.9. The molecule has 0 bridgehead atoms. The molecule has 7 nitrogen and oxygen atoms in total. The molecule has 0 amide bonds. The van der Waals surface area contributed by atoms with Crippen molar-refractivity contribution in [2.45, 2.75) is 6.61 Å². The molecule has 0 heterocycles. The number of aliphatic hydroxyl groups is 1. The molecule has 150 valence electrons. The summed E-state index contributed by atoms with van der Waals surface area (Å²) in [5, 5.41) is 30.9. The second-order valence-corrected chi connectivity index (χ2v) is 7.35. The second-order valence-electron chi connectivity index (χ2n) is 5.63. The van der Waals surface area contributed by atoms with Crippen LogP contribution in [0.15, 0.2) is 65.1 Å². The van der Waals surface area contributed by atoms with Gasteiger partial charge in [0.15, 0.2) is 0 Å². The van der Waals surface area contributed by atoms with Crippen molar-refractivity contribution in [1.82, 2.24) is 0 Å². The molecule has 0 radical (unpaired) electrons. The minimum Gasteiger partial charge on any atom is -0.392 e. The van der Waals surface area contributed by atoms with Crippen molar-refractivity contribution in [3.8, 4) is 11.1 Å². The molecule has 0 saturated carbocycles. The third kappa shape index (κ3) is 6.23. The molecule has 0 aromatic heterocycles. The molecule has 3 rings (SSSR count). The number of nitro groups is 2. The number of rotatable bonds is 4. The predicted molar refractivity (Wildman–Crippen MR) is 115 cm³/mol. The first kappa shape index (κ1) is 22.8. The Morgan fingerprint density at radius 1 is 0.828 bits per heavy atom. The monoisotopic (exact) mass is 498 g/mol. The molecular weight excluding hydrogens is 487 g/mol. The van der Waals surface area contributed by atoms with E-state index in [4.69, 9.17) is 28.3 Å². The first-order chi connectivity index (χ1) is 13.7. The highest BCUT2D eigenvalue weighted by Gasteiger charge is 2.15. The Hall–Kier alpha value is -2.52. The fourth-order valence-corrected chi connectivity index (χ4v) is 3.04. The van der Waals surface area contributed by atoms with Gasteiger partial charge in [0, 0.05) is 22.2 Å². The van der Waals surface area contributed by atoms with Crippen LogP contribution in [0.4, 0.5) is 11.4 Å². The van der Waals surface area contributed by atoms with Gasteiger partial charge in [-0.25, -0.2) is 0 Å². The maximum atomic E-state index is 11.0. The highest BCUT2D eigenvalue weighted by molar-refractivity contribution is 9.10. The summed E-state index contributed by atoms with van der Waals surface area (Å²) in [4.78, 5) is 20.3. The van der Waals surface area contributed by atoms with Crippen molar-refractivity contribution < 1.29 is 15.0 Å². The van der Waals surface area contributed by atoms with E-state index < -0.39 is 9.85 Å². The minimum atomic E-state index is -0.490. The Labute approximate surface area is 183 Å². The molecule has 0 atom stereocenters. The van der Waals surface area contributed by atoms with Crippen molar-refractivity contribution in [3.63, 3.8) is 0 Å².